The number of amides is 1. The molecule has 6 heteroatoms. The number of hydrogen-bond acceptors (Lipinski definition) is 4. The Morgan fingerprint density at radius 2 is 1.76 bits per heavy atom. The summed E-state index contributed by atoms with van der Waals surface area (Å²) in [6.45, 7) is 6.07. The van der Waals surface area contributed by atoms with E-state index in [0.717, 1.165) is 37.1 Å². The lowest BCUT2D eigenvalue weighted by Gasteiger charge is -2.48. The zero-order chi connectivity index (χ0) is 23.5. The number of aromatic nitrogens is 2. The van der Waals surface area contributed by atoms with Crippen LogP contribution >= 0.6 is 0 Å². The average Bonchev–Trinajstić information content (AvgIpc) is 3.26. The standard InChI is InChI=1S/C28H33N3O3/c1-3-33-24-18-26(22-10-6-4-7-11-22)34-28(19-24)14-16-30(17-15-28)27(32)25-20-29-31(21(25)2)23-12-8-5-9-13-23/h4-13,20,24,26H,3,14-19H2,1-2H3/t24-,26-/m0/s1. The molecule has 0 saturated carbocycles. The summed E-state index contributed by atoms with van der Waals surface area (Å²) in [4.78, 5) is 15.4. The predicted octanol–water partition coefficient (Wildman–Crippen LogP) is 5.11. The fraction of sp³-hybridized carbons (Fsp3) is 0.429. The van der Waals surface area contributed by atoms with Crippen LogP contribution in [0.5, 0.6) is 0 Å². The number of likely N-dealkylation sites (tertiary alicyclic amines) is 1. The minimum absolute atomic E-state index is 0.0279. The fourth-order valence-corrected chi connectivity index (χ4v) is 5.43. The predicted molar refractivity (Wildman–Crippen MR) is 131 cm³/mol. The Balaban J connectivity index is 1.30. The minimum Gasteiger partial charge on any atom is -0.378 e. The molecule has 2 fully saturated rings. The third-order valence-corrected chi connectivity index (χ3v) is 7.25. The molecule has 0 bridgehead atoms. The largest absolute Gasteiger partial charge is 0.378 e. The van der Waals surface area contributed by atoms with Crippen molar-refractivity contribution in [2.45, 2.75) is 57.3 Å². The Morgan fingerprint density at radius 1 is 1.09 bits per heavy atom. The van der Waals surface area contributed by atoms with E-state index in [1.54, 1.807) is 6.20 Å². The minimum atomic E-state index is -0.251. The summed E-state index contributed by atoms with van der Waals surface area (Å²) < 4.78 is 14.7. The van der Waals surface area contributed by atoms with Crippen molar-refractivity contribution in [1.29, 1.82) is 0 Å². The topological polar surface area (TPSA) is 56.6 Å². The van der Waals surface area contributed by atoms with Crippen LogP contribution < -0.4 is 0 Å². The third-order valence-electron chi connectivity index (χ3n) is 7.25. The molecule has 3 aromatic rings. The summed E-state index contributed by atoms with van der Waals surface area (Å²) >= 11 is 0. The van der Waals surface area contributed by atoms with E-state index in [1.165, 1.54) is 5.56 Å². The van der Waals surface area contributed by atoms with Crippen molar-refractivity contribution in [3.05, 3.63) is 83.7 Å². The van der Waals surface area contributed by atoms with Crippen LogP contribution in [-0.4, -0.2) is 52.0 Å². The molecule has 0 unspecified atom stereocenters. The highest BCUT2D eigenvalue weighted by molar-refractivity contribution is 5.95. The quantitative estimate of drug-likeness (QED) is 0.532. The summed E-state index contributed by atoms with van der Waals surface area (Å²) in [5.74, 6) is 0.0475. The van der Waals surface area contributed by atoms with Crippen molar-refractivity contribution >= 4 is 5.91 Å². The molecule has 0 aliphatic carbocycles. The molecule has 2 aliphatic rings. The molecule has 2 aromatic carbocycles. The second-order valence-electron chi connectivity index (χ2n) is 9.40. The second-order valence-corrected chi connectivity index (χ2v) is 9.40. The van der Waals surface area contributed by atoms with E-state index in [0.29, 0.717) is 25.3 Å². The van der Waals surface area contributed by atoms with Gasteiger partial charge in [0.2, 0.25) is 0 Å². The van der Waals surface area contributed by atoms with Crippen LogP contribution in [0.2, 0.25) is 0 Å². The molecule has 2 aliphatic heterocycles. The highest BCUT2D eigenvalue weighted by Crippen LogP contribution is 2.44. The summed E-state index contributed by atoms with van der Waals surface area (Å²) in [5, 5.41) is 4.49. The van der Waals surface area contributed by atoms with Gasteiger partial charge in [0.05, 0.1) is 41.0 Å². The lowest BCUT2D eigenvalue weighted by molar-refractivity contribution is -0.190. The first-order valence-electron chi connectivity index (χ1n) is 12.3. The van der Waals surface area contributed by atoms with Crippen LogP contribution in [0.3, 0.4) is 0 Å². The van der Waals surface area contributed by atoms with Gasteiger partial charge in [-0.1, -0.05) is 48.5 Å². The van der Waals surface area contributed by atoms with E-state index in [9.17, 15) is 4.79 Å². The Morgan fingerprint density at radius 3 is 2.44 bits per heavy atom. The van der Waals surface area contributed by atoms with Crippen LogP contribution in [-0.2, 0) is 9.47 Å². The molecule has 178 valence electrons. The van der Waals surface area contributed by atoms with Crippen LogP contribution in [0.1, 0.15) is 60.3 Å². The summed E-state index contributed by atoms with van der Waals surface area (Å²) in [5.41, 5.74) is 3.44. The van der Waals surface area contributed by atoms with Crippen molar-refractivity contribution in [2.75, 3.05) is 19.7 Å². The molecular weight excluding hydrogens is 426 g/mol. The Labute approximate surface area is 201 Å². The normalized spacial score (nSPS) is 22.1. The summed E-state index contributed by atoms with van der Waals surface area (Å²) in [7, 11) is 0. The smallest absolute Gasteiger partial charge is 0.257 e. The number of nitrogens with zero attached hydrogens (tertiary/aromatic N) is 3. The van der Waals surface area contributed by atoms with Gasteiger partial charge in [-0.15, -0.1) is 0 Å². The highest BCUT2D eigenvalue weighted by atomic mass is 16.5. The molecule has 1 spiro atoms. The van der Waals surface area contributed by atoms with Crippen LogP contribution in [0.25, 0.3) is 5.69 Å². The summed E-state index contributed by atoms with van der Waals surface area (Å²) in [6, 6.07) is 20.4. The van der Waals surface area contributed by atoms with Crippen molar-refractivity contribution in [3.63, 3.8) is 0 Å². The van der Waals surface area contributed by atoms with Crippen LogP contribution in [0.15, 0.2) is 66.9 Å². The van der Waals surface area contributed by atoms with Gasteiger partial charge >= 0.3 is 0 Å². The maximum Gasteiger partial charge on any atom is 0.257 e. The molecule has 6 nitrogen and oxygen atoms in total. The van der Waals surface area contributed by atoms with E-state index in [1.807, 2.05) is 52.9 Å². The van der Waals surface area contributed by atoms with E-state index in [-0.39, 0.29) is 23.7 Å². The van der Waals surface area contributed by atoms with Crippen LogP contribution in [0, 0.1) is 6.92 Å². The van der Waals surface area contributed by atoms with Gasteiger partial charge in [-0.3, -0.25) is 4.79 Å². The number of carbonyl (C=O) groups is 1. The molecule has 5 rings (SSSR count). The third kappa shape index (κ3) is 4.52. The lowest BCUT2D eigenvalue weighted by Crippen LogP contribution is -2.52. The number of carbonyl (C=O) groups excluding carboxylic acids is 1. The number of piperidine rings is 1. The molecule has 3 heterocycles. The molecule has 0 N–H and O–H groups in total. The van der Waals surface area contributed by atoms with Crippen LogP contribution in [0.4, 0.5) is 0 Å². The average molecular weight is 460 g/mol. The van der Waals surface area contributed by atoms with Gasteiger partial charge in [-0.2, -0.15) is 5.10 Å². The zero-order valence-electron chi connectivity index (χ0n) is 20.0. The molecule has 34 heavy (non-hydrogen) atoms. The monoisotopic (exact) mass is 459 g/mol. The maximum atomic E-state index is 13.4. The van der Waals surface area contributed by atoms with Gasteiger partial charge in [0.25, 0.3) is 5.91 Å². The molecule has 1 amide bonds. The first-order valence-corrected chi connectivity index (χ1v) is 12.3. The van der Waals surface area contributed by atoms with Gasteiger partial charge in [0.1, 0.15) is 0 Å². The van der Waals surface area contributed by atoms with Gasteiger partial charge in [-0.05, 0) is 44.4 Å². The maximum absolute atomic E-state index is 13.4. The van der Waals surface area contributed by atoms with E-state index < -0.39 is 0 Å². The molecule has 0 radical (unpaired) electrons. The molecule has 2 saturated heterocycles. The van der Waals surface area contributed by atoms with Crippen molar-refractivity contribution in [2.24, 2.45) is 0 Å². The Hall–Kier alpha value is -2.96. The molecular formula is C28H33N3O3. The van der Waals surface area contributed by atoms with Crippen molar-refractivity contribution in [1.82, 2.24) is 14.7 Å². The van der Waals surface area contributed by atoms with Gasteiger partial charge in [0, 0.05) is 32.5 Å². The zero-order valence-corrected chi connectivity index (χ0v) is 20.0. The first-order chi connectivity index (χ1) is 16.6. The first kappa shape index (κ1) is 22.8. The van der Waals surface area contributed by atoms with E-state index in [4.69, 9.17) is 9.47 Å². The van der Waals surface area contributed by atoms with Crippen molar-refractivity contribution in [3.8, 4) is 5.69 Å². The SMILES string of the molecule is CCO[C@H]1C[C@@H](c2ccccc2)OC2(CCN(C(=O)c3cnn(-c4ccccc4)c3C)CC2)C1. The summed E-state index contributed by atoms with van der Waals surface area (Å²) in [6.07, 6.45) is 5.30. The highest BCUT2D eigenvalue weighted by Gasteiger charge is 2.45. The molecule has 2 atom stereocenters. The number of benzene rings is 2. The second kappa shape index (κ2) is 9.72. The number of ether oxygens (including phenoxy) is 2. The Bertz CT molecular complexity index is 1100. The van der Waals surface area contributed by atoms with Gasteiger partial charge < -0.3 is 14.4 Å². The van der Waals surface area contributed by atoms with Gasteiger partial charge in [-0.25, -0.2) is 4.68 Å². The lowest BCUT2D eigenvalue weighted by atomic mass is 9.80. The van der Waals surface area contributed by atoms with Gasteiger partial charge in [0.15, 0.2) is 0 Å². The Kier molecular flexibility index (Phi) is 6.53. The van der Waals surface area contributed by atoms with Crippen molar-refractivity contribution < 1.29 is 14.3 Å². The van der Waals surface area contributed by atoms with E-state index in [2.05, 4.69) is 36.3 Å². The number of rotatable bonds is 5. The van der Waals surface area contributed by atoms with E-state index >= 15 is 0 Å². The number of para-hydroxylation sites is 1. The number of hydrogen-bond donors (Lipinski definition) is 0. The molecule has 1 aromatic heterocycles. The fourth-order valence-electron chi connectivity index (χ4n) is 5.43.